The fourth-order valence-electron chi connectivity index (χ4n) is 2.95. The molecule has 0 radical (unpaired) electrons. The van der Waals surface area contributed by atoms with Crippen molar-refractivity contribution in [2.45, 2.75) is 72.5 Å². The lowest BCUT2D eigenvalue weighted by molar-refractivity contribution is 0.387. The van der Waals surface area contributed by atoms with Crippen molar-refractivity contribution in [2.24, 2.45) is 5.92 Å². The Kier molecular flexibility index (Phi) is 4.92. The van der Waals surface area contributed by atoms with Crippen LogP contribution in [-0.4, -0.2) is 23.1 Å². The Morgan fingerprint density at radius 1 is 1.24 bits per heavy atom. The largest absolute Gasteiger partial charge is 0.354 e. The predicted octanol–water partition coefficient (Wildman–Crippen LogP) is 3.90. The molecule has 0 bridgehead atoms. The molecule has 0 spiro atoms. The van der Waals surface area contributed by atoms with Crippen LogP contribution in [-0.2, 0) is 6.54 Å². The highest BCUT2D eigenvalue weighted by Crippen LogP contribution is 2.27. The first-order valence-corrected chi connectivity index (χ1v) is 8.24. The molecule has 2 heterocycles. The van der Waals surface area contributed by atoms with Crippen LogP contribution < -0.4 is 10.2 Å². The van der Waals surface area contributed by atoms with Gasteiger partial charge in [-0.05, 0) is 71.1 Å². The first-order valence-electron chi connectivity index (χ1n) is 8.24. The fourth-order valence-corrected chi connectivity index (χ4v) is 2.95. The highest BCUT2D eigenvalue weighted by atomic mass is 15.2. The molecule has 2 atom stereocenters. The van der Waals surface area contributed by atoms with E-state index in [1.54, 1.807) is 0 Å². The van der Waals surface area contributed by atoms with Gasteiger partial charge in [-0.15, -0.1) is 0 Å². The summed E-state index contributed by atoms with van der Waals surface area (Å²) in [7, 11) is 0. The second-order valence-electron chi connectivity index (χ2n) is 7.76. The third kappa shape index (κ3) is 4.70. The Hall–Kier alpha value is -1.09. The average molecular weight is 289 g/mol. The highest BCUT2D eigenvalue weighted by Gasteiger charge is 2.24. The zero-order valence-corrected chi connectivity index (χ0v) is 14.5. The van der Waals surface area contributed by atoms with Gasteiger partial charge in [0.05, 0.1) is 0 Å². The predicted molar refractivity (Wildman–Crippen MR) is 90.8 cm³/mol. The molecule has 0 aromatic carbocycles. The van der Waals surface area contributed by atoms with E-state index in [1.165, 1.54) is 18.4 Å². The van der Waals surface area contributed by atoms with Crippen molar-refractivity contribution in [3.8, 4) is 0 Å². The van der Waals surface area contributed by atoms with Gasteiger partial charge in [-0.25, -0.2) is 4.98 Å². The van der Waals surface area contributed by atoms with E-state index in [0.29, 0.717) is 6.04 Å². The molecule has 2 unspecified atom stereocenters. The van der Waals surface area contributed by atoms with Crippen LogP contribution in [0.1, 0.15) is 58.7 Å². The lowest BCUT2D eigenvalue weighted by Crippen LogP contribution is -2.41. The van der Waals surface area contributed by atoms with E-state index in [0.717, 1.165) is 30.5 Å². The van der Waals surface area contributed by atoms with Gasteiger partial charge in [0.25, 0.3) is 0 Å². The molecule has 21 heavy (non-hydrogen) atoms. The maximum Gasteiger partial charge on any atom is 0.129 e. The summed E-state index contributed by atoms with van der Waals surface area (Å²) in [6.07, 6.45) is 2.61. The van der Waals surface area contributed by atoms with E-state index in [9.17, 15) is 0 Å². The summed E-state index contributed by atoms with van der Waals surface area (Å²) in [6, 6.07) is 5.06. The third-order valence-corrected chi connectivity index (χ3v) is 4.23. The molecule has 1 aromatic heterocycles. The Labute approximate surface area is 130 Å². The number of anilines is 1. The monoisotopic (exact) mass is 289 g/mol. The molecule has 1 fully saturated rings. The number of rotatable bonds is 3. The van der Waals surface area contributed by atoms with Gasteiger partial charge < -0.3 is 10.2 Å². The van der Waals surface area contributed by atoms with Gasteiger partial charge in [0.2, 0.25) is 0 Å². The van der Waals surface area contributed by atoms with Crippen LogP contribution in [0.2, 0.25) is 0 Å². The molecule has 118 valence electrons. The molecule has 0 aliphatic carbocycles. The lowest BCUT2D eigenvalue weighted by atomic mass is 9.95. The van der Waals surface area contributed by atoms with Crippen LogP contribution in [0.5, 0.6) is 0 Å². The second kappa shape index (κ2) is 6.35. The SMILES string of the molecule is Cc1cc(CNC(C)(C)C)cc(N2CC(C)CCC2C)n1. The molecule has 0 saturated carbocycles. The maximum atomic E-state index is 4.78. The number of nitrogens with zero attached hydrogens (tertiary/aromatic N) is 2. The van der Waals surface area contributed by atoms with E-state index < -0.39 is 0 Å². The molecule has 1 aliphatic rings. The Morgan fingerprint density at radius 2 is 1.95 bits per heavy atom. The number of aryl methyl sites for hydroxylation is 1. The summed E-state index contributed by atoms with van der Waals surface area (Å²) < 4.78 is 0. The minimum atomic E-state index is 0.143. The molecule has 1 N–H and O–H groups in total. The zero-order valence-electron chi connectivity index (χ0n) is 14.5. The average Bonchev–Trinajstić information content (AvgIpc) is 2.38. The van der Waals surface area contributed by atoms with Gasteiger partial charge in [0, 0.05) is 30.4 Å². The van der Waals surface area contributed by atoms with Crippen molar-refractivity contribution in [1.82, 2.24) is 10.3 Å². The Bertz CT molecular complexity index is 476. The van der Waals surface area contributed by atoms with Crippen LogP contribution in [0.3, 0.4) is 0 Å². The van der Waals surface area contributed by atoms with Crippen molar-refractivity contribution in [1.29, 1.82) is 0 Å². The van der Waals surface area contributed by atoms with Crippen molar-refractivity contribution < 1.29 is 0 Å². The van der Waals surface area contributed by atoms with Crippen LogP contribution in [0, 0.1) is 12.8 Å². The molecule has 3 nitrogen and oxygen atoms in total. The van der Waals surface area contributed by atoms with E-state index >= 15 is 0 Å². The Balaban J connectivity index is 2.18. The summed E-state index contributed by atoms with van der Waals surface area (Å²) in [5.41, 5.74) is 2.59. The van der Waals surface area contributed by atoms with Gasteiger partial charge in [-0.2, -0.15) is 0 Å². The normalized spacial score (nSPS) is 23.4. The summed E-state index contributed by atoms with van der Waals surface area (Å²) in [6.45, 7) is 15.4. The molecule has 1 aromatic rings. The minimum absolute atomic E-state index is 0.143. The first-order chi connectivity index (χ1) is 9.74. The number of nitrogens with one attached hydrogen (secondary N) is 1. The topological polar surface area (TPSA) is 28.2 Å². The smallest absolute Gasteiger partial charge is 0.129 e. The van der Waals surface area contributed by atoms with Crippen molar-refractivity contribution in [3.63, 3.8) is 0 Å². The van der Waals surface area contributed by atoms with Crippen LogP contribution in [0.25, 0.3) is 0 Å². The van der Waals surface area contributed by atoms with E-state index in [-0.39, 0.29) is 5.54 Å². The van der Waals surface area contributed by atoms with Crippen molar-refractivity contribution in [2.75, 3.05) is 11.4 Å². The summed E-state index contributed by atoms with van der Waals surface area (Å²) in [5.74, 6) is 1.92. The number of piperidine rings is 1. The van der Waals surface area contributed by atoms with Gasteiger partial charge in [-0.1, -0.05) is 6.92 Å². The molecular formula is C18H31N3. The van der Waals surface area contributed by atoms with Crippen LogP contribution in [0.4, 0.5) is 5.82 Å². The van der Waals surface area contributed by atoms with E-state index in [1.807, 2.05) is 0 Å². The first kappa shape index (κ1) is 16.3. The zero-order chi connectivity index (χ0) is 15.6. The van der Waals surface area contributed by atoms with E-state index in [2.05, 4.69) is 63.9 Å². The second-order valence-corrected chi connectivity index (χ2v) is 7.76. The Morgan fingerprint density at radius 3 is 2.62 bits per heavy atom. The number of hydrogen-bond acceptors (Lipinski definition) is 3. The maximum absolute atomic E-state index is 4.78. The molecule has 0 amide bonds. The summed E-state index contributed by atoms with van der Waals surface area (Å²) >= 11 is 0. The minimum Gasteiger partial charge on any atom is -0.354 e. The fraction of sp³-hybridized carbons (Fsp3) is 0.722. The number of hydrogen-bond donors (Lipinski definition) is 1. The van der Waals surface area contributed by atoms with Crippen LogP contribution in [0.15, 0.2) is 12.1 Å². The molecule has 3 heteroatoms. The van der Waals surface area contributed by atoms with E-state index in [4.69, 9.17) is 4.98 Å². The van der Waals surface area contributed by atoms with Gasteiger partial charge >= 0.3 is 0 Å². The summed E-state index contributed by atoms with van der Waals surface area (Å²) in [4.78, 5) is 7.27. The van der Waals surface area contributed by atoms with Crippen LogP contribution >= 0.6 is 0 Å². The highest BCUT2D eigenvalue weighted by molar-refractivity contribution is 5.44. The molecule has 2 rings (SSSR count). The van der Waals surface area contributed by atoms with Crippen molar-refractivity contribution >= 4 is 5.82 Å². The van der Waals surface area contributed by atoms with Gasteiger partial charge in [0.15, 0.2) is 0 Å². The molecular weight excluding hydrogens is 258 g/mol. The van der Waals surface area contributed by atoms with Gasteiger partial charge in [-0.3, -0.25) is 0 Å². The number of aromatic nitrogens is 1. The molecule has 1 saturated heterocycles. The lowest BCUT2D eigenvalue weighted by Gasteiger charge is -2.38. The van der Waals surface area contributed by atoms with Crippen molar-refractivity contribution in [3.05, 3.63) is 23.4 Å². The summed E-state index contributed by atoms with van der Waals surface area (Å²) in [5, 5.41) is 3.57. The van der Waals surface area contributed by atoms with Gasteiger partial charge in [0.1, 0.15) is 5.82 Å². The standard InChI is InChI=1S/C18H31N3/c1-13-7-8-15(3)21(12-13)17-10-16(9-14(2)20-17)11-19-18(4,5)6/h9-10,13,15,19H,7-8,11-12H2,1-6H3. The quantitative estimate of drug-likeness (QED) is 0.914. The molecule has 1 aliphatic heterocycles. The third-order valence-electron chi connectivity index (χ3n) is 4.23. The number of pyridine rings is 1.